The lowest BCUT2D eigenvalue weighted by Crippen LogP contribution is -2.49. The number of hydrogen-bond acceptors (Lipinski definition) is 2. The maximum atomic E-state index is 12.9. The normalized spacial score (nSPS) is 16.5. The zero-order chi connectivity index (χ0) is 18.3. The number of carbonyl (C=O) groups is 2. The van der Waals surface area contributed by atoms with Crippen LogP contribution in [0.5, 0.6) is 0 Å². The number of rotatable bonds is 3. The van der Waals surface area contributed by atoms with Crippen molar-refractivity contribution < 1.29 is 14.7 Å². The summed E-state index contributed by atoms with van der Waals surface area (Å²) in [5.74, 6) is -1.12. The molecule has 1 unspecified atom stereocenters. The minimum absolute atomic E-state index is 0.156. The van der Waals surface area contributed by atoms with Crippen molar-refractivity contribution in [1.29, 1.82) is 0 Å². The van der Waals surface area contributed by atoms with Crippen LogP contribution in [0.4, 0.5) is 0 Å². The van der Waals surface area contributed by atoms with Gasteiger partial charge in [-0.25, -0.2) is 4.79 Å². The van der Waals surface area contributed by atoms with Gasteiger partial charge in [-0.05, 0) is 29.7 Å². The van der Waals surface area contributed by atoms with Crippen LogP contribution in [0.1, 0.15) is 22.4 Å². The first-order chi connectivity index (χ1) is 12.5. The molecule has 5 heteroatoms. The van der Waals surface area contributed by atoms with Gasteiger partial charge in [-0.1, -0.05) is 42.5 Å². The molecular formula is C21H20N2O3. The summed E-state index contributed by atoms with van der Waals surface area (Å²) in [7, 11) is 0. The third-order valence-corrected chi connectivity index (χ3v) is 5.21. The molecule has 2 aromatic carbocycles. The highest BCUT2D eigenvalue weighted by Crippen LogP contribution is 2.30. The van der Waals surface area contributed by atoms with Gasteiger partial charge < -0.3 is 15.0 Å². The molecule has 0 spiro atoms. The molecule has 5 nitrogen and oxygen atoms in total. The van der Waals surface area contributed by atoms with E-state index in [0.29, 0.717) is 13.0 Å². The number of H-pyrrole nitrogens is 1. The van der Waals surface area contributed by atoms with E-state index in [1.807, 2.05) is 55.5 Å². The fourth-order valence-corrected chi connectivity index (χ4v) is 3.76. The van der Waals surface area contributed by atoms with Crippen molar-refractivity contribution in [2.75, 3.05) is 0 Å². The lowest BCUT2D eigenvalue weighted by molar-refractivity contribution is -0.151. The average molecular weight is 348 g/mol. The van der Waals surface area contributed by atoms with Crippen LogP contribution in [-0.4, -0.2) is 32.9 Å². The number of carboxylic acids is 1. The van der Waals surface area contributed by atoms with E-state index in [-0.39, 0.29) is 12.3 Å². The fraction of sp³-hybridized carbons (Fsp3) is 0.238. The smallest absolute Gasteiger partial charge is 0.326 e. The Kier molecular flexibility index (Phi) is 3.99. The molecule has 0 bridgehead atoms. The van der Waals surface area contributed by atoms with E-state index in [0.717, 1.165) is 33.3 Å². The largest absolute Gasteiger partial charge is 0.480 e. The highest BCUT2D eigenvalue weighted by atomic mass is 16.4. The number of nitrogens with zero attached hydrogens (tertiary/aromatic N) is 1. The number of nitrogens with one attached hydrogen (secondary N) is 1. The summed E-state index contributed by atoms with van der Waals surface area (Å²) in [6.45, 7) is 2.26. The summed E-state index contributed by atoms with van der Waals surface area (Å²) in [6, 6.07) is 14.7. The van der Waals surface area contributed by atoms with E-state index >= 15 is 0 Å². The van der Waals surface area contributed by atoms with Gasteiger partial charge in [0.15, 0.2) is 0 Å². The molecule has 1 atom stereocenters. The topological polar surface area (TPSA) is 73.4 Å². The van der Waals surface area contributed by atoms with E-state index in [4.69, 9.17) is 0 Å². The van der Waals surface area contributed by atoms with Gasteiger partial charge in [-0.3, -0.25) is 4.79 Å². The Morgan fingerprint density at radius 1 is 1.15 bits per heavy atom. The Morgan fingerprint density at radius 2 is 1.88 bits per heavy atom. The molecule has 132 valence electrons. The summed E-state index contributed by atoms with van der Waals surface area (Å²) in [4.78, 5) is 29.6. The van der Waals surface area contributed by atoms with Crippen molar-refractivity contribution in [3.8, 4) is 0 Å². The summed E-state index contributed by atoms with van der Waals surface area (Å²) in [5, 5.41) is 10.8. The molecule has 3 aromatic rings. The number of hydrogen-bond donors (Lipinski definition) is 2. The van der Waals surface area contributed by atoms with Gasteiger partial charge in [0.1, 0.15) is 6.04 Å². The number of para-hydroxylation sites is 1. The van der Waals surface area contributed by atoms with Crippen molar-refractivity contribution >= 4 is 22.8 Å². The van der Waals surface area contributed by atoms with Gasteiger partial charge in [0.2, 0.25) is 5.91 Å². The van der Waals surface area contributed by atoms with E-state index in [9.17, 15) is 14.7 Å². The maximum absolute atomic E-state index is 12.9. The lowest BCUT2D eigenvalue weighted by Gasteiger charge is -2.33. The van der Waals surface area contributed by atoms with Crippen LogP contribution in [0.15, 0.2) is 48.5 Å². The molecule has 0 aliphatic carbocycles. The van der Waals surface area contributed by atoms with Gasteiger partial charge in [-0.2, -0.15) is 0 Å². The molecule has 0 saturated heterocycles. The van der Waals surface area contributed by atoms with E-state index < -0.39 is 12.0 Å². The summed E-state index contributed by atoms with van der Waals surface area (Å²) in [6.07, 6.45) is 0.542. The molecule has 4 rings (SSSR count). The Labute approximate surface area is 151 Å². The van der Waals surface area contributed by atoms with Gasteiger partial charge in [-0.15, -0.1) is 0 Å². The van der Waals surface area contributed by atoms with Crippen molar-refractivity contribution in [2.45, 2.75) is 32.4 Å². The molecule has 0 radical (unpaired) electrons. The highest BCUT2D eigenvalue weighted by molar-refractivity contribution is 5.90. The predicted octanol–water partition coefficient (Wildman–Crippen LogP) is 3.06. The summed E-state index contributed by atoms with van der Waals surface area (Å²) >= 11 is 0. The van der Waals surface area contributed by atoms with Crippen molar-refractivity contribution in [3.05, 3.63) is 70.9 Å². The summed E-state index contributed by atoms with van der Waals surface area (Å²) in [5.41, 5.74) is 4.89. The average Bonchev–Trinajstić information content (AvgIpc) is 3.00. The minimum Gasteiger partial charge on any atom is -0.480 e. The molecule has 1 aromatic heterocycles. The van der Waals surface area contributed by atoms with Gasteiger partial charge in [0, 0.05) is 23.0 Å². The second-order valence-electron chi connectivity index (χ2n) is 6.81. The number of aryl methyl sites for hydroxylation is 1. The number of aliphatic carboxylic acids is 1. The SMILES string of the molecule is Cc1ccccc1CC(=O)N1Cc2[nH]c3ccccc3c2CC1C(=O)O. The summed E-state index contributed by atoms with van der Waals surface area (Å²) < 4.78 is 0. The highest BCUT2D eigenvalue weighted by Gasteiger charge is 2.36. The maximum Gasteiger partial charge on any atom is 0.326 e. The first kappa shape index (κ1) is 16.4. The fourth-order valence-electron chi connectivity index (χ4n) is 3.76. The molecule has 2 N–H and O–H groups in total. The quantitative estimate of drug-likeness (QED) is 0.764. The molecular weight excluding hydrogens is 328 g/mol. The van der Waals surface area contributed by atoms with Crippen LogP contribution in [0.2, 0.25) is 0 Å². The Balaban J connectivity index is 1.67. The number of aromatic amines is 1. The molecule has 2 heterocycles. The molecule has 0 fully saturated rings. The van der Waals surface area contributed by atoms with Crippen LogP contribution in [-0.2, 0) is 29.0 Å². The number of carbonyl (C=O) groups excluding carboxylic acids is 1. The zero-order valence-electron chi connectivity index (χ0n) is 14.5. The molecule has 1 aliphatic rings. The minimum atomic E-state index is -0.959. The van der Waals surface area contributed by atoms with Crippen molar-refractivity contribution in [3.63, 3.8) is 0 Å². The lowest BCUT2D eigenvalue weighted by atomic mass is 9.95. The predicted molar refractivity (Wildman–Crippen MR) is 98.9 cm³/mol. The number of amides is 1. The number of fused-ring (bicyclic) bond motifs is 3. The molecule has 0 saturated carbocycles. The third-order valence-electron chi connectivity index (χ3n) is 5.21. The van der Waals surface area contributed by atoms with Gasteiger partial charge in [0.25, 0.3) is 0 Å². The van der Waals surface area contributed by atoms with Gasteiger partial charge in [0.05, 0.1) is 13.0 Å². The second kappa shape index (κ2) is 6.33. The Hall–Kier alpha value is -3.08. The first-order valence-electron chi connectivity index (χ1n) is 8.70. The van der Waals surface area contributed by atoms with Crippen LogP contribution in [0.25, 0.3) is 10.9 Å². The second-order valence-corrected chi connectivity index (χ2v) is 6.81. The van der Waals surface area contributed by atoms with Crippen LogP contribution in [0.3, 0.4) is 0 Å². The van der Waals surface area contributed by atoms with Crippen molar-refractivity contribution in [2.24, 2.45) is 0 Å². The van der Waals surface area contributed by atoms with Crippen molar-refractivity contribution in [1.82, 2.24) is 9.88 Å². The standard InChI is InChI=1S/C21H20N2O3/c1-13-6-2-3-7-14(13)10-20(24)23-12-18-16(11-19(23)21(25)26)15-8-4-5-9-17(15)22-18/h2-9,19,22H,10-12H2,1H3,(H,25,26). The van der Waals surface area contributed by atoms with Crippen LogP contribution in [0, 0.1) is 6.92 Å². The number of carboxylic acid groups (broad SMARTS) is 1. The number of aromatic nitrogens is 1. The van der Waals surface area contributed by atoms with E-state index in [2.05, 4.69) is 4.98 Å². The Bertz CT molecular complexity index is 1010. The molecule has 26 heavy (non-hydrogen) atoms. The third kappa shape index (κ3) is 2.75. The monoisotopic (exact) mass is 348 g/mol. The first-order valence-corrected chi connectivity index (χ1v) is 8.70. The number of benzene rings is 2. The van der Waals surface area contributed by atoms with Crippen LogP contribution < -0.4 is 0 Å². The Morgan fingerprint density at radius 3 is 2.65 bits per heavy atom. The van der Waals surface area contributed by atoms with Crippen LogP contribution >= 0.6 is 0 Å². The molecule has 1 amide bonds. The van der Waals surface area contributed by atoms with E-state index in [1.54, 1.807) is 0 Å². The van der Waals surface area contributed by atoms with Gasteiger partial charge >= 0.3 is 5.97 Å². The molecule has 1 aliphatic heterocycles. The zero-order valence-corrected chi connectivity index (χ0v) is 14.5. The van der Waals surface area contributed by atoms with E-state index in [1.165, 1.54) is 4.90 Å².